The van der Waals surface area contributed by atoms with Gasteiger partial charge in [-0.1, -0.05) is 86.5 Å². The highest BCUT2D eigenvalue weighted by molar-refractivity contribution is 7.10. The van der Waals surface area contributed by atoms with Gasteiger partial charge in [-0.2, -0.15) is 15.2 Å². The van der Waals surface area contributed by atoms with Gasteiger partial charge in [0.1, 0.15) is 36.0 Å². The van der Waals surface area contributed by atoms with Gasteiger partial charge >= 0.3 is 6.01 Å². The summed E-state index contributed by atoms with van der Waals surface area (Å²) < 4.78 is 25.4. The summed E-state index contributed by atoms with van der Waals surface area (Å²) in [6.07, 6.45) is 10.2. The molecule has 3 saturated heterocycles. The van der Waals surface area contributed by atoms with Gasteiger partial charge in [0.2, 0.25) is 11.8 Å². The number of nitriles is 1. The molecule has 2 aromatic heterocycles. The van der Waals surface area contributed by atoms with Crippen LogP contribution >= 0.6 is 11.3 Å². The molecular weight excluding hydrogens is 1090 g/mol. The van der Waals surface area contributed by atoms with Gasteiger partial charge in [-0.3, -0.25) is 19.8 Å². The van der Waals surface area contributed by atoms with Gasteiger partial charge in [-0.25, -0.2) is 4.98 Å². The molecule has 1 aliphatic carbocycles. The lowest BCUT2D eigenvalue weighted by atomic mass is 9.83. The molecule has 18 nitrogen and oxygen atoms in total. The standard InChI is InChI=1S/C66H83N11O7S/c1-5-60(78)76-33-32-75(39-47(76)20-14-29-67)62-54-28-31-74(57-24-13-19-45-16-9-10-21-50(45)57)41-55(54)70-66(72-62)84-42-48-38-49(40-73(48)4)82-36-34-81-35-37-83-59-27-26-52(51-22-11-12-23-53(51)59)56-43-85-64(69-56)58-25-15-30-77(58)65(80)61(46-17-7-6-8-18-46)71-63(79)44(2)68-3/h5,9-13,16,19,21-24,26-27,43-44,46-49,58,61,63,68,71,79H,1,6-8,14-15,17-18,20,25,28,30-42H2,2-4H3/t44-,47?,48-,49+,58-,61-,63?/m0/s1. The van der Waals surface area contributed by atoms with Gasteiger partial charge in [0.15, 0.2) is 0 Å². The molecule has 450 valence electrons. The summed E-state index contributed by atoms with van der Waals surface area (Å²) in [6.45, 7) is 12.2. The van der Waals surface area contributed by atoms with E-state index in [-0.39, 0.29) is 48.0 Å². The first-order valence-electron chi connectivity index (χ1n) is 30.8. The van der Waals surface area contributed by atoms with E-state index in [1.165, 1.54) is 29.0 Å². The van der Waals surface area contributed by atoms with Crippen LogP contribution in [0.3, 0.4) is 0 Å². The highest BCUT2D eigenvalue weighted by atomic mass is 32.1. The SMILES string of the molecule is C=CC(=O)N1CCN(c2nc(OC[C@@H]3C[C@@H](OCCOCCOc4ccc(-c5csc([C@@H]6CCCN6C(=O)[C@@H](NC(O)[C@H](C)NC)C6CCCCC6)n5)c5ccccc45)CN3C)nc3c2CCN(c2cccc4ccccc24)C3)CC1CCC#N. The minimum atomic E-state index is -0.832. The third kappa shape index (κ3) is 13.8. The summed E-state index contributed by atoms with van der Waals surface area (Å²) in [6, 6.07) is 29.1. The number of piperazine rings is 1. The minimum Gasteiger partial charge on any atom is -0.491 e. The molecule has 2 unspecified atom stereocenters. The number of benzene rings is 4. The van der Waals surface area contributed by atoms with Crippen LogP contribution in [0.15, 0.2) is 96.9 Å². The van der Waals surface area contributed by atoms with Crippen molar-refractivity contribution in [3.63, 3.8) is 0 Å². The van der Waals surface area contributed by atoms with Crippen molar-refractivity contribution in [3.8, 4) is 29.1 Å². The Bertz CT molecular complexity index is 3310. The Morgan fingerprint density at radius 1 is 0.847 bits per heavy atom. The Balaban J connectivity index is 0.673. The number of aromatic nitrogens is 3. The van der Waals surface area contributed by atoms with E-state index in [1.54, 1.807) is 11.3 Å². The highest BCUT2D eigenvalue weighted by Crippen LogP contribution is 2.41. The first kappa shape index (κ1) is 59.9. The number of nitrogens with zero attached hydrogens (tertiary/aromatic N) is 9. The molecule has 4 fully saturated rings. The molecule has 11 rings (SSSR count). The number of carbonyl (C=O) groups excluding carboxylic acids is 2. The van der Waals surface area contributed by atoms with Crippen LogP contribution in [0.1, 0.15) is 93.4 Å². The zero-order valence-electron chi connectivity index (χ0n) is 49.6. The average molecular weight is 1170 g/mol. The normalized spacial score (nSPS) is 21.4. The van der Waals surface area contributed by atoms with E-state index in [9.17, 15) is 20.0 Å². The fourth-order valence-corrected chi connectivity index (χ4v) is 14.4. The Morgan fingerprint density at radius 3 is 2.47 bits per heavy atom. The number of aliphatic hydroxyl groups excluding tert-OH is 1. The number of anilines is 2. The van der Waals surface area contributed by atoms with Crippen molar-refractivity contribution in [2.24, 2.45) is 5.92 Å². The Hall–Kier alpha value is -6.76. The van der Waals surface area contributed by atoms with Gasteiger partial charge in [0.25, 0.3) is 0 Å². The van der Waals surface area contributed by atoms with Crippen LogP contribution in [-0.4, -0.2) is 169 Å². The molecule has 2 amide bonds. The summed E-state index contributed by atoms with van der Waals surface area (Å²) in [5, 5.41) is 34.5. The second kappa shape index (κ2) is 28.2. The van der Waals surface area contributed by atoms with Crippen LogP contribution in [0.25, 0.3) is 32.8 Å². The summed E-state index contributed by atoms with van der Waals surface area (Å²) in [4.78, 5) is 53.7. The van der Waals surface area contributed by atoms with E-state index in [1.807, 2.05) is 42.0 Å². The summed E-state index contributed by atoms with van der Waals surface area (Å²) in [7, 11) is 3.93. The number of rotatable bonds is 24. The molecule has 0 bridgehead atoms. The van der Waals surface area contributed by atoms with Gasteiger partial charge in [0, 0.05) is 90.7 Å². The number of likely N-dealkylation sites (N-methyl/N-ethyl adjacent to an activating group) is 2. The topological polar surface area (TPSA) is 194 Å². The molecule has 3 N–H and O–H groups in total. The lowest BCUT2D eigenvalue weighted by Gasteiger charge is -2.42. The Morgan fingerprint density at radius 2 is 1.65 bits per heavy atom. The average Bonchev–Trinajstić information content (AvgIpc) is 3.05. The molecule has 19 heteroatoms. The molecule has 6 heterocycles. The molecule has 0 radical (unpaired) electrons. The maximum absolute atomic E-state index is 14.5. The van der Waals surface area contributed by atoms with Gasteiger partial charge < -0.3 is 49.0 Å². The molecule has 6 aromatic rings. The summed E-state index contributed by atoms with van der Waals surface area (Å²) >= 11 is 1.61. The van der Waals surface area contributed by atoms with E-state index in [0.717, 1.165) is 114 Å². The third-order valence-electron chi connectivity index (χ3n) is 18.3. The fourth-order valence-electron chi connectivity index (χ4n) is 13.5. The quantitative estimate of drug-likeness (QED) is 0.0296. The Labute approximate surface area is 504 Å². The van der Waals surface area contributed by atoms with Crippen LogP contribution < -0.4 is 29.9 Å². The number of amides is 2. The van der Waals surface area contributed by atoms with Gasteiger partial charge in [-0.05, 0) is 107 Å². The first-order valence-corrected chi connectivity index (χ1v) is 31.7. The monoisotopic (exact) mass is 1170 g/mol. The summed E-state index contributed by atoms with van der Waals surface area (Å²) in [5.41, 5.74) is 5.11. The van der Waals surface area contributed by atoms with Crippen molar-refractivity contribution in [1.82, 2.24) is 40.3 Å². The van der Waals surface area contributed by atoms with Gasteiger partial charge in [-0.15, -0.1) is 11.3 Å². The van der Waals surface area contributed by atoms with Crippen molar-refractivity contribution in [2.75, 3.05) is 96.2 Å². The van der Waals surface area contributed by atoms with E-state index in [4.69, 9.17) is 33.9 Å². The van der Waals surface area contributed by atoms with Crippen molar-refractivity contribution in [2.45, 2.75) is 127 Å². The lowest BCUT2D eigenvalue weighted by Crippen LogP contribution is -2.57. The number of ether oxygens (including phenoxy) is 4. The van der Waals surface area contributed by atoms with Crippen LogP contribution in [0.4, 0.5) is 11.5 Å². The molecule has 7 atom stereocenters. The molecule has 5 aliphatic rings. The number of aliphatic hydroxyl groups is 1. The van der Waals surface area contributed by atoms with E-state index in [0.29, 0.717) is 84.6 Å². The van der Waals surface area contributed by atoms with Crippen LogP contribution in [-0.2, 0) is 32.0 Å². The number of likely N-dealkylation sites (tertiary alicyclic amines) is 2. The van der Waals surface area contributed by atoms with Crippen LogP contribution in [0.5, 0.6) is 11.8 Å². The van der Waals surface area contributed by atoms with Crippen molar-refractivity contribution < 1.29 is 33.6 Å². The number of fused-ring (bicyclic) bond motifs is 3. The predicted octanol–water partition coefficient (Wildman–Crippen LogP) is 8.67. The molecule has 4 aromatic carbocycles. The number of carbonyl (C=O) groups is 2. The van der Waals surface area contributed by atoms with Crippen molar-refractivity contribution in [3.05, 3.63) is 113 Å². The molecule has 4 aliphatic heterocycles. The number of hydrogen-bond donors (Lipinski definition) is 3. The second-order valence-corrected chi connectivity index (χ2v) is 24.4. The molecular formula is C66H83N11O7S. The van der Waals surface area contributed by atoms with Crippen LogP contribution in [0.2, 0.25) is 0 Å². The zero-order valence-corrected chi connectivity index (χ0v) is 50.4. The molecule has 0 spiro atoms. The highest BCUT2D eigenvalue weighted by Gasteiger charge is 2.41. The first-order chi connectivity index (χ1) is 41.6. The predicted molar refractivity (Wildman–Crippen MR) is 333 cm³/mol. The van der Waals surface area contributed by atoms with E-state index >= 15 is 0 Å². The minimum absolute atomic E-state index is 0.0130. The smallest absolute Gasteiger partial charge is 0.318 e. The third-order valence-corrected chi connectivity index (χ3v) is 19.2. The number of hydrogen-bond acceptors (Lipinski definition) is 17. The molecule has 85 heavy (non-hydrogen) atoms. The lowest BCUT2D eigenvalue weighted by molar-refractivity contribution is -0.137. The van der Waals surface area contributed by atoms with E-state index < -0.39 is 12.3 Å². The fraction of sp³-hybridized carbons (Fsp3) is 0.515. The summed E-state index contributed by atoms with van der Waals surface area (Å²) in [5.74, 6) is 1.77. The van der Waals surface area contributed by atoms with Crippen LogP contribution in [0, 0.1) is 17.2 Å². The zero-order chi connectivity index (χ0) is 58.8. The second-order valence-electron chi connectivity index (χ2n) is 23.5. The molecule has 1 saturated carbocycles. The van der Waals surface area contributed by atoms with Crippen molar-refractivity contribution in [1.29, 1.82) is 5.26 Å². The Kier molecular flexibility index (Phi) is 19.9. The van der Waals surface area contributed by atoms with Crippen molar-refractivity contribution >= 4 is 56.2 Å². The van der Waals surface area contributed by atoms with Gasteiger partial charge in [0.05, 0.1) is 68.1 Å². The number of nitrogens with one attached hydrogen (secondary N) is 2. The largest absolute Gasteiger partial charge is 0.491 e. The maximum atomic E-state index is 14.5. The number of thiazole rings is 1. The van der Waals surface area contributed by atoms with E-state index in [2.05, 4.69) is 111 Å². The maximum Gasteiger partial charge on any atom is 0.318 e.